The Bertz CT molecular complexity index is 1860. The standard InChI is InChI=1S/C35H24/c1-2-12-24-14-10-22-28(26(24)16-3-1)34-30-18-6-8-20-32(30)35(33-21-9-7-19-31(33)34)29-23-11-15-25-13-4-5-17-27(25)29/h1,3-23H,2H2. The van der Waals surface area contributed by atoms with Crippen molar-refractivity contribution in [1.82, 2.24) is 0 Å². The van der Waals surface area contributed by atoms with Crippen LogP contribution in [-0.2, 0) is 0 Å². The van der Waals surface area contributed by atoms with Gasteiger partial charge in [-0.2, -0.15) is 0 Å². The lowest BCUT2D eigenvalue weighted by atomic mass is 9.84. The lowest BCUT2D eigenvalue weighted by Crippen LogP contribution is -2.25. The van der Waals surface area contributed by atoms with Crippen LogP contribution in [0.3, 0.4) is 0 Å². The molecule has 0 radical (unpaired) electrons. The highest BCUT2D eigenvalue weighted by molar-refractivity contribution is 6.23. The van der Waals surface area contributed by atoms with Crippen molar-refractivity contribution in [2.75, 3.05) is 0 Å². The molecule has 0 aromatic heterocycles. The van der Waals surface area contributed by atoms with E-state index in [0.717, 1.165) is 6.42 Å². The summed E-state index contributed by atoms with van der Waals surface area (Å²) in [7, 11) is 0. The van der Waals surface area contributed by atoms with Gasteiger partial charge < -0.3 is 0 Å². The van der Waals surface area contributed by atoms with E-state index < -0.39 is 0 Å². The molecule has 0 amide bonds. The van der Waals surface area contributed by atoms with Crippen molar-refractivity contribution < 1.29 is 0 Å². The van der Waals surface area contributed by atoms with Gasteiger partial charge in [-0.05, 0) is 71.4 Å². The van der Waals surface area contributed by atoms with E-state index >= 15 is 0 Å². The van der Waals surface area contributed by atoms with Gasteiger partial charge in [0.1, 0.15) is 0 Å². The molecule has 0 fully saturated rings. The summed E-state index contributed by atoms with van der Waals surface area (Å²) in [5, 5.41) is 10.3. The van der Waals surface area contributed by atoms with Gasteiger partial charge in [0.15, 0.2) is 0 Å². The summed E-state index contributed by atoms with van der Waals surface area (Å²) >= 11 is 0. The zero-order chi connectivity index (χ0) is 23.2. The molecule has 0 saturated heterocycles. The fraction of sp³-hybridized carbons (Fsp3) is 0.0286. The number of rotatable bonds is 2. The highest BCUT2D eigenvalue weighted by atomic mass is 14.2. The fourth-order valence-corrected chi connectivity index (χ4v) is 5.76. The van der Waals surface area contributed by atoms with Crippen LogP contribution in [0.4, 0.5) is 0 Å². The summed E-state index contributed by atoms with van der Waals surface area (Å²) in [5.41, 5.74) is 5.21. The molecule has 0 spiro atoms. The molecule has 164 valence electrons. The monoisotopic (exact) mass is 444 g/mol. The molecule has 0 heteroatoms. The van der Waals surface area contributed by atoms with Crippen molar-refractivity contribution in [3.05, 3.63) is 132 Å². The number of hydrogen-bond donors (Lipinski definition) is 0. The van der Waals surface area contributed by atoms with Gasteiger partial charge in [0.05, 0.1) is 0 Å². The maximum absolute atomic E-state index is 2.33. The predicted octanol–water partition coefficient (Wildman–Crippen LogP) is 8.00. The first-order valence-corrected chi connectivity index (χ1v) is 12.3. The number of hydrogen-bond acceptors (Lipinski definition) is 0. The lowest BCUT2D eigenvalue weighted by molar-refractivity contribution is 1.45. The fourth-order valence-electron chi connectivity index (χ4n) is 5.76. The molecule has 0 nitrogen and oxygen atoms in total. The summed E-state index contributed by atoms with van der Waals surface area (Å²) in [6.07, 6.45) is 9.99. The third-order valence-corrected chi connectivity index (χ3v) is 7.27. The van der Waals surface area contributed by atoms with E-state index in [9.17, 15) is 0 Å². The molecular formula is C35H24. The van der Waals surface area contributed by atoms with E-state index in [2.05, 4.69) is 133 Å². The van der Waals surface area contributed by atoms with Crippen molar-refractivity contribution in [3.8, 4) is 22.3 Å². The maximum Gasteiger partial charge on any atom is -0.00201 e. The van der Waals surface area contributed by atoms with Crippen molar-refractivity contribution in [3.63, 3.8) is 0 Å². The van der Waals surface area contributed by atoms with Gasteiger partial charge >= 0.3 is 0 Å². The topological polar surface area (TPSA) is 0 Å². The first-order chi connectivity index (χ1) is 17.4. The smallest absolute Gasteiger partial charge is 0.00201 e. The van der Waals surface area contributed by atoms with Crippen molar-refractivity contribution in [2.24, 2.45) is 0 Å². The third kappa shape index (κ3) is 3.15. The second-order valence-electron chi connectivity index (χ2n) is 9.21. The van der Waals surface area contributed by atoms with E-state index in [4.69, 9.17) is 0 Å². The molecule has 6 aromatic rings. The van der Waals surface area contributed by atoms with Crippen LogP contribution in [0.2, 0.25) is 0 Å². The third-order valence-electron chi connectivity index (χ3n) is 7.27. The first-order valence-electron chi connectivity index (χ1n) is 12.3. The summed E-state index contributed by atoms with van der Waals surface area (Å²) in [5.74, 6) is 0. The molecule has 35 heavy (non-hydrogen) atoms. The van der Waals surface area contributed by atoms with E-state index in [1.54, 1.807) is 0 Å². The largest absolute Gasteiger partial charge is 0.0807 e. The molecule has 1 aliphatic carbocycles. The van der Waals surface area contributed by atoms with Gasteiger partial charge in [0.25, 0.3) is 0 Å². The Balaban J connectivity index is 1.70. The Morgan fingerprint density at radius 3 is 1.71 bits per heavy atom. The molecule has 0 bridgehead atoms. The maximum atomic E-state index is 2.33. The summed E-state index contributed by atoms with van der Waals surface area (Å²) in [4.78, 5) is 0. The lowest BCUT2D eigenvalue weighted by Gasteiger charge is -2.19. The van der Waals surface area contributed by atoms with E-state index in [1.165, 1.54) is 65.0 Å². The van der Waals surface area contributed by atoms with E-state index in [1.807, 2.05) is 0 Å². The first kappa shape index (κ1) is 20.0. The van der Waals surface area contributed by atoms with Crippen LogP contribution >= 0.6 is 0 Å². The van der Waals surface area contributed by atoms with Gasteiger partial charge in [-0.15, -0.1) is 0 Å². The molecule has 0 heterocycles. The Labute approximate surface area is 204 Å². The molecule has 0 unspecified atom stereocenters. The van der Waals surface area contributed by atoms with Crippen molar-refractivity contribution >= 4 is 44.5 Å². The van der Waals surface area contributed by atoms with Crippen LogP contribution in [-0.4, -0.2) is 0 Å². The molecule has 1 aliphatic rings. The highest BCUT2D eigenvalue weighted by Gasteiger charge is 2.18. The Morgan fingerprint density at radius 1 is 0.457 bits per heavy atom. The van der Waals surface area contributed by atoms with Crippen LogP contribution in [0.5, 0.6) is 0 Å². The minimum absolute atomic E-state index is 0.967. The molecular weight excluding hydrogens is 420 g/mol. The average Bonchev–Trinajstić information content (AvgIpc) is 3.17. The van der Waals surface area contributed by atoms with Crippen LogP contribution in [0.15, 0.2) is 121 Å². The highest BCUT2D eigenvalue weighted by Crippen LogP contribution is 2.44. The van der Waals surface area contributed by atoms with Gasteiger partial charge in [-0.3, -0.25) is 0 Å². The molecule has 6 aromatic carbocycles. The van der Waals surface area contributed by atoms with Crippen LogP contribution < -0.4 is 10.4 Å². The average molecular weight is 445 g/mol. The minimum atomic E-state index is 0.967. The van der Waals surface area contributed by atoms with Crippen LogP contribution in [0.25, 0.3) is 66.7 Å². The van der Waals surface area contributed by atoms with Gasteiger partial charge in [-0.25, -0.2) is 0 Å². The summed E-state index contributed by atoms with van der Waals surface area (Å²) in [6, 6.07) is 40.0. The Morgan fingerprint density at radius 2 is 1.00 bits per heavy atom. The normalized spacial score (nSPS) is 12.8. The number of benzene rings is 6. The van der Waals surface area contributed by atoms with Crippen molar-refractivity contribution in [1.29, 1.82) is 0 Å². The Kier molecular flexibility index (Phi) is 4.63. The molecule has 0 atom stereocenters. The molecule has 0 N–H and O–H groups in total. The van der Waals surface area contributed by atoms with E-state index in [-0.39, 0.29) is 0 Å². The molecule has 0 aliphatic heterocycles. The number of allylic oxidation sites excluding steroid dienone is 2. The van der Waals surface area contributed by atoms with Crippen LogP contribution in [0, 0.1) is 0 Å². The van der Waals surface area contributed by atoms with E-state index in [0.29, 0.717) is 0 Å². The Hall–Kier alpha value is -4.42. The van der Waals surface area contributed by atoms with Gasteiger partial charge in [-0.1, -0.05) is 133 Å². The second kappa shape index (κ2) is 8.11. The number of fused-ring (bicyclic) bond motifs is 4. The quantitative estimate of drug-likeness (QED) is 0.237. The zero-order valence-corrected chi connectivity index (χ0v) is 19.4. The predicted molar refractivity (Wildman–Crippen MR) is 152 cm³/mol. The minimum Gasteiger partial charge on any atom is -0.0807 e. The second-order valence-corrected chi connectivity index (χ2v) is 9.21. The van der Waals surface area contributed by atoms with Gasteiger partial charge in [0.2, 0.25) is 0 Å². The summed E-state index contributed by atoms with van der Waals surface area (Å²) < 4.78 is 0. The molecule has 0 saturated carbocycles. The zero-order valence-electron chi connectivity index (χ0n) is 19.4. The van der Waals surface area contributed by atoms with Crippen LogP contribution in [0.1, 0.15) is 6.42 Å². The van der Waals surface area contributed by atoms with Crippen molar-refractivity contribution in [2.45, 2.75) is 6.42 Å². The summed E-state index contributed by atoms with van der Waals surface area (Å²) in [6.45, 7) is 0. The van der Waals surface area contributed by atoms with Gasteiger partial charge in [0, 0.05) is 0 Å². The SMILES string of the molecule is C1=CCC=c2cccc(-c3c4ccccc4c(-c4cccc5ccccc45)c4ccccc34)c2=C1. The molecule has 7 rings (SSSR count).